The highest BCUT2D eigenvalue weighted by atomic mass is 16.1. The fourth-order valence-electron chi connectivity index (χ4n) is 2.54. The van der Waals surface area contributed by atoms with E-state index in [0.717, 1.165) is 23.9 Å². The van der Waals surface area contributed by atoms with Crippen LogP contribution in [-0.2, 0) is 11.3 Å². The third-order valence-electron chi connectivity index (χ3n) is 4.26. The molecule has 0 aliphatic carbocycles. The number of rotatable bonds is 7. The van der Waals surface area contributed by atoms with Crippen LogP contribution >= 0.6 is 0 Å². The Morgan fingerprint density at radius 3 is 2.71 bits per heavy atom. The molecule has 5 heteroatoms. The van der Waals surface area contributed by atoms with Crippen LogP contribution in [0.2, 0.25) is 0 Å². The molecule has 2 rings (SSSR count). The van der Waals surface area contributed by atoms with Crippen LogP contribution in [-0.4, -0.2) is 27.5 Å². The molecule has 0 saturated heterocycles. The van der Waals surface area contributed by atoms with Gasteiger partial charge in [-0.15, -0.1) is 0 Å². The molecule has 1 aromatic heterocycles. The van der Waals surface area contributed by atoms with E-state index in [2.05, 4.69) is 24.1 Å². The third-order valence-corrected chi connectivity index (χ3v) is 4.26. The summed E-state index contributed by atoms with van der Waals surface area (Å²) in [7, 11) is 0. The maximum absolute atomic E-state index is 12.2. The number of nitrogens with zero attached hydrogens (tertiary/aromatic N) is 2. The number of nitrogens with two attached hydrogens (primary N) is 1. The van der Waals surface area contributed by atoms with Gasteiger partial charge in [0, 0.05) is 19.5 Å². The maximum atomic E-state index is 12.2. The molecule has 0 spiro atoms. The minimum Gasteiger partial charge on any atom is -0.349 e. The fourth-order valence-corrected chi connectivity index (χ4v) is 2.54. The first-order chi connectivity index (χ1) is 10.1. The minimum absolute atomic E-state index is 0.0435. The summed E-state index contributed by atoms with van der Waals surface area (Å²) < 4.78 is 2.01. The van der Waals surface area contributed by atoms with E-state index >= 15 is 0 Å². The number of carbonyl (C=O) groups excluding carboxylic acids is 1. The molecule has 2 aromatic rings. The molecule has 1 amide bonds. The Morgan fingerprint density at radius 1 is 1.33 bits per heavy atom. The van der Waals surface area contributed by atoms with Crippen molar-refractivity contribution in [2.45, 2.75) is 45.2 Å². The standard InChI is InChI=1S/C16H24N4O/c1-3-16(4-2,11-17)19-15(21)9-10-20-12-18-13-7-5-6-8-14(13)20/h5-8,12H,3-4,9-11,17H2,1-2H3,(H,19,21). The Morgan fingerprint density at radius 2 is 2.05 bits per heavy atom. The Bertz CT molecular complexity index is 593. The molecule has 0 saturated carbocycles. The number of amides is 1. The van der Waals surface area contributed by atoms with Crippen molar-refractivity contribution in [1.82, 2.24) is 14.9 Å². The zero-order chi connectivity index (χ0) is 15.3. The van der Waals surface area contributed by atoms with Crippen molar-refractivity contribution in [3.63, 3.8) is 0 Å². The van der Waals surface area contributed by atoms with Crippen LogP contribution in [0.4, 0.5) is 0 Å². The van der Waals surface area contributed by atoms with Crippen LogP contribution in [0, 0.1) is 0 Å². The summed E-state index contributed by atoms with van der Waals surface area (Å²) in [6.45, 7) is 5.21. The Kier molecular flexibility index (Phi) is 4.96. The van der Waals surface area contributed by atoms with Crippen molar-refractivity contribution >= 4 is 16.9 Å². The number of carbonyl (C=O) groups is 1. The van der Waals surface area contributed by atoms with Gasteiger partial charge < -0.3 is 15.6 Å². The highest BCUT2D eigenvalue weighted by Gasteiger charge is 2.25. The van der Waals surface area contributed by atoms with Gasteiger partial charge in [0.1, 0.15) is 0 Å². The lowest BCUT2D eigenvalue weighted by atomic mass is 9.93. The van der Waals surface area contributed by atoms with Gasteiger partial charge in [-0.2, -0.15) is 0 Å². The number of aromatic nitrogens is 2. The summed E-state index contributed by atoms with van der Waals surface area (Å²) in [6, 6.07) is 7.93. The average Bonchev–Trinajstić information content (AvgIpc) is 2.94. The van der Waals surface area contributed by atoms with Crippen molar-refractivity contribution in [3.8, 4) is 0 Å². The maximum Gasteiger partial charge on any atom is 0.222 e. The minimum atomic E-state index is -0.270. The van der Waals surface area contributed by atoms with Gasteiger partial charge in [0.15, 0.2) is 0 Å². The SMILES string of the molecule is CCC(CC)(CN)NC(=O)CCn1cnc2ccccc21. The van der Waals surface area contributed by atoms with Crippen LogP contribution < -0.4 is 11.1 Å². The molecule has 0 atom stereocenters. The number of aryl methyl sites for hydroxylation is 1. The lowest BCUT2D eigenvalue weighted by Crippen LogP contribution is -2.53. The van der Waals surface area contributed by atoms with E-state index in [0.29, 0.717) is 19.5 Å². The summed E-state index contributed by atoms with van der Waals surface area (Å²) in [5.74, 6) is 0.0435. The number of benzene rings is 1. The first-order valence-electron chi connectivity index (χ1n) is 7.55. The molecule has 1 aromatic carbocycles. The number of nitrogens with one attached hydrogen (secondary N) is 1. The van der Waals surface area contributed by atoms with E-state index in [-0.39, 0.29) is 11.4 Å². The first-order valence-corrected chi connectivity index (χ1v) is 7.55. The Labute approximate surface area is 125 Å². The van der Waals surface area contributed by atoms with Crippen molar-refractivity contribution in [1.29, 1.82) is 0 Å². The molecule has 0 aliphatic heterocycles. The van der Waals surface area contributed by atoms with Gasteiger partial charge in [-0.3, -0.25) is 4.79 Å². The predicted octanol–water partition coefficient (Wildman–Crippen LogP) is 2.06. The molecule has 0 aliphatic rings. The van der Waals surface area contributed by atoms with E-state index in [1.54, 1.807) is 6.33 Å². The molecule has 21 heavy (non-hydrogen) atoms. The van der Waals surface area contributed by atoms with Crippen molar-refractivity contribution in [3.05, 3.63) is 30.6 Å². The van der Waals surface area contributed by atoms with Crippen LogP contribution in [0.15, 0.2) is 30.6 Å². The molecule has 114 valence electrons. The molecule has 0 radical (unpaired) electrons. The number of hydrogen-bond acceptors (Lipinski definition) is 3. The number of hydrogen-bond donors (Lipinski definition) is 2. The van der Waals surface area contributed by atoms with Gasteiger partial charge in [0.2, 0.25) is 5.91 Å². The largest absolute Gasteiger partial charge is 0.349 e. The number of imidazole rings is 1. The van der Waals surface area contributed by atoms with Gasteiger partial charge >= 0.3 is 0 Å². The molecule has 0 bridgehead atoms. The summed E-state index contributed by atoms with van der Waals surface area (Å²) in [6.07, 6.45) is 3.91. The van der Waals surface area contributed by atoms with Gasteiger partial charge in [-0.1, -0.05) is 26.0 Å². The zero-order valence-electron chi connectivity index (χ0n) is 12.8. The first kappa shape index (κ1) is 15.5. The summed E-state index contributed by atoms with van der Waals surface area (Å²) in [5, 5.41) is 3.09. The smallest absolute Gasteiger partial charge is 0.222 e. The summed E-state index contributed by atoms with van der Waals surface area (Å²) >= 11 is 0. The van der Waals surface area contributed by atoms with Crippen molar-refractivity contribution in [2.75, 3.05) is 6.54 Å². The second-order valence-corrected chi connectivity index (χ2v) is 5.42. The van der Waals surface area contributed by atoms with Crippen molar-refractivity contribution < 1.29 is 4.79 Å². The van der Waals surface area contributed by atoms with E-state index in [4.69, 9.17) is 5.73 Å². The Balaban J connectivity index is 1.98. The van der Waals surface area contributed by atoms with Crippen LogP contribution in [0.3, 0.4) is 0 Å². The molecule has 0 fully saturated rings. The lowest BCUT2D eigenvalue weighted by molar-refractivity contribution is -0.123. The Hall–Kier alpha value is -1.88. The second kappa shape index (κ2) is 6.72. The molecular weight excluding hydrogens is 264 g/mol. The van der Waals surface area contributed by atoms with Crippen LogP contribution in [0.25, 0.3) is 11.0 Å². The average molecular weight is 288 g/mol. The quantitative estimate of drug-likeness (QED) is 0.819. The van der Waals surface area contributed by atoms with E-state index in [9.17, 15) is 4.79 Å². The van der Waals surface area contributed by atoms with Gasteiger partial charge in [0.05, 0.1) is 22.9 Å². The summed E-state index contributed by atoms with van der Waals surface area (Å²) in [4.78, 5) is 16.5. The van der Waals surface area contributed by atoms with Gasteiger partial charge in [-0.05, 0) is 25.0 Å². The van der Waals surface area contributed by atoms with Crippen molar-refractivity contribution in [2.24, 2.45) is 5.73 Å². The molecule has 3 N–H and O–H groups in total. The molecule has 5 nitrogen and oxygen atoms in total. The lowest BCUT2D eigenvalue weighted by Gasteiger charge is -2.31. The van der Waals surface area contributed by atoms with E-state index < -0.39 is 0 Å². The fraction of sp³-hybridized carbons (Fsp3) is 0.500. The van der Waals surface area contributed by atoms with Gasteiger partial charge in [-0.25, -0.2) is 4.98 Å². The van der Waals surface area contributed by atoms with Gasteiger partial charge in [0.25, 0.3) is 0 Å². The summed E-state index contributed by atoms with van der Waals surface area (Å²) in [5.41, 5.74) is 7.55. The number of fused-ring (bicyclic) bond motifs is 1. The third kappa shape index (κ3) is 3.42. The number of para-hydroxylation sites is 2. The monoisotopic (exact) mass is 288 g/mol. The predicted molar refractivity (Wildman–Crippen MR) is 84.9 cm³/mol. The topological polar surface area (TPSA) is 72.9 Å². The zero-order valence-corrected chi connectivity index (χ0v) is 12.8. The highest BCUT2D eigenvalue weighted by molar-refractivity contribution is 5.78. The normalized spacial score (nSPS) is 11.8. The highest BCUT2D eigenvalue weighted by Crippen LogP contribution is 2.15. The molecule has 1 heterocycles. The molecule has 0 unspecified atom stereocenters. The van der Waals surface area contributed by atoms with E-state index in [1.807, 2.05) is 28.8 Å². The van der Waals surface area contributed by atoms with Crippen LogP contribution in [0.5, 0.6) is 0 Å². The van der Waals surface area contributed by atoms with E-state index in [1.165, 1.54) is 0 Å². The van der Waals surface area contributed by atoms with Crippen LogP contribution in [0.1, 0.15) is 33.1 Å². The molecular formula is C16H24N4O. The second-order valence-electron chi connectivity index (χ2n) is 5.42.